The highest BCUT2D eigenvalue weighted by atomic mass is 32.2. The SMILES string of the molecule is Cc1c(-c2ncco2)sc2c1c(=O)n(C(C)(C)C(=O)NS(=O)(=O)c1ccccn1)c(=O)n2C[C@H](O[C@@H]1C[C@H]2CC[C@@H](C1)O2)c1cc(F)ccc1OC(F)F. The second-order valence-electron chi connectivity index (χ2n) is 13.5. The number of benzene rings is 1. The standard InChI is InChI=1S/C35H34F3N5O9S2/c1-18-27-30(44)43(35(2,3)32(45)41-54(47,48)26-6-4-5-11-39-26)34(46)42(31(27)53-28(18)29-40-12-13-49-29)17-25(51-22-15-20-8-9-21(16-22)50-20)23-14-19(36)7-10-24(23)52-33(37)38/h4-7,10-14,20-22,25,33H,8-9,15-17H2,1-3H3,(H,41,45)/t20-,21+,22-,25-/m0/s1. The van der Waals surface area contributed by atoms with Crippen LogP contribution in [0.2, 0.25) is 0 Å². The van der Waals surface area contributed by atoms with Crippen LogP contribution in [0.5, 0.6) is 5.75 Å². The number of thiophene rings is 1. The first-order chi connectivity index (χ1) is 25.6. The van der Waals surface area contributed by atoms with E-state index < -0.39 is 74.7 Å². The summed E-state index contributed by atoms with van der Waals surface area (Å²) in [6, 6.07) is 7.00. The number of ether oxygens (including phenoxy) is 3. The van der Waals surface area contributed by atoms with Gasteiger partial charge in [0.05, 0.1) is 41.3 Å². The van der Waals surface area contributed by atoms with Crippen LogP contribution in [0.1, 0.15) is 56.8 Å². The molecule has 5 aromatic rings. The lowest BCUT2D eigenvalue weighted by Crippen LogP contribution is -2.56. The molecule has 19 heteroatoms. The van der Waals surface area contributed by atoms with Crippen molar-refractivity contribution in [3.05, 3.63) is 92.8 Å². The molecule has 1 aromatic carbocycles. The first-order valence-corrected chi connectivity index (χ1v) is 19.2. The Hall–Kier alpha value is -4.85. The predicted octanol–water partition coefficient (Wildman–Crippen LogP) is 5.03. The molecule has 4 atom stereocenters. The number of amides is 1. The van der Waals surface area contributed by atoms with E-state index in [4.69, 9.17) is 18.6 Å². The normalized spacial score (nSPS) is 19.4. The summed E-state index contributed by atoms with van der Waals surface area (Å²) in [6.45, 7) is 0.206. The molecule has 2 bridgehead atoms. The summed E-state index contributed by atoms with van der Waals surface area (Å²) in [5, 5.41) is -0.510. The lowest BCUT2D eigenvalue weighted by atomic mass is 10.0. The number of carbonyl (C=O) groups is 1. The Kier molecular flexibility index (Phi) is 10.0. The summed E-state index contributed by atoms with van der Waals surface area (Å²) in [4.78, 5) is 51.4. The quantitative estimate of drug-likeness (QED) is 0.180. The van der Waals surface area contributed by atoms with E-state index in [1.807, 2.05) is 4.72 Å². The molecule has 54 heavy (non-hydrogen) atoms. The number of nitrogens with one attached hydrogen (secondary N) is 1. The van der Waals surface area contributed by atoms with Crippen molar-refractivity contribution in [1.29, 1.82) is 0 Å². The molecule has 0 aliphatic carbocycles. The highest BCUT2D eigenvalue weighted by molar-refractivity contribution is 7.90. The van der Waals surface area contributed by atoms with Crippen LogP contribution in [-0.4, -0.2) is 58.4 Å². The maximum atomic E-state index is 14.9. The average Bonchev–Trinajstić information content (AvgIpc) is 3.86. The Morgan fingerprint density at radius 2 is 1.85 bits per heavy atom. The van der Waals surface area contributed by atoms with Gasteiger partial charge in [-0.2, -0.15) is 17.2 Å². The Bertz CT molecular complexity index is 2420. The van der Waals surface area contributed by atoms with E-state index in [9.17, 15) is 36.0 Å². The third-order valence-electron chi connectivity index (χ3n) is 9.58. The molecule has 286 valence electrons. The average molecular weight is 790 g/mol. The second-order valence-corrected chi connectivity index (χ2v) is 16.1. The highest BCUT2D eigenvalue weighted by Crippen LogP contribution is 2.40. The number of hydrogen-bond acceptors (Lipinski definition) is 12. The number of sulfonamides is 1. The third-order valence-corrected chi connectivity index (χ3v) is 12.1. The molecule has 2 saturated heterocycles. The van der Waals surface area contributed by atoms with Crippen molar-refractivity contribution >= 4 is 37.5 Å². The van der Waals surface area contributed by atoms with Gasteiger partial charge in [0.25, 0.3) is 21.5 Å². The summed E-state index contributed by atoms with van der Waals surface area (Å²) in [6.07, 6.45) is 4.37. The van der Waals surface area contributed by atoms with Crippen molar-refractivity contribution in [2.24, 2.45) is 0 Å². The molecule has 6 heterocycles. The van der Waals surface area contributed by atoms with Crippen molar-refractivity contribution in [3.63, 3.8) is 0 Å². The van der Waals surface area contributed by atoms with E-state index in [0.29, 0.717) is 27.8 Å². The smallest absolute Gasteiger partial charge is 0.387 e. The van der Waals surface area contributed by atoms with Crippen LogP contribution in [0.15, 0.2) is 74.1 Å². The predicted molar refractivity (Wildman–Crippen MR) is 187 cm³/mol. The van der Waals surface area contributed by atoms with Gasteiger partial charge in [0.1, 0.15) is 34.3 Å². The maximum Gasteiger partial charge on any atom is 0.387 e. The van der Waals surface area contributed by atoms with Gasteiger partial charge in [-0.1, -0.05) is 6.07 Å². The molecule has 0 unspecified atom stereocenters. The maximum absolute atomic E-state index is 14.9. The molecule has 14 nitrogen and oxygen atoms in total. The molecule has 7 rings (SSSR count). The number of nitrogens with zero attached hydrogens (tertiary/aromatic N) is 4. The fraction of sp³-hybridized carbons (Fsp3) is 0.400. The number of fused-ring (bicyclic) bond motifs is 3. The molecule has 2 fully saturated rings. The van der Waals surface area contributed by atoms with Crippen LogP contribution in [0.25, 0.3) is 21.0 Å². The van der Waals surface area contributed by atoms with Crippen LogP contribution < -0.4 is 20.7 Å². The zero-order valence-electron chi connectivity index (χ0n) is 29.0. The number of aryl methyl sites for hydroxylation is 1. The van der Waals surface area contributed by atoms with E-state index in [1.165, 1.54) is 44.6 Å². The Morgan fingerprint density at radius 3 is 2.50 bits per heavy atom. The molecule has 0 spiro atoms. The largest absolute Gasteiger partial charge is 0.444 e. The van der Waals surface area contributed by atoms with E-state index in [2.05, 4.69) is 9.97 Å². The monoisotopic (exact) mass is 789 g/mol. The summed E-state index contributed by atoms with van der Waals surface area (Å²) in [7, 11) is -4.55. The van der Waals surface area contributed by atoms with Crippen LogP contribution in [0.4, 0.5) is 13.2 Å². The van der Waals surface area contributed by atoms with Gasteiger partial charge in [0.2, 0.25) is 5.89 Å². The lowest BCUT2D eigenvalue weighted by molar-refractivity contribution is -0.126. The van der Waals surface area contributed by atoms with Gasteiger partial charge in [0, 0.05) is 11.8 Å². The fourth-order valence-electron chi connectivity index (χ4n) is 6.95. The lowest BCUT2D eigenvalue weighted by Gasteiger charge is -2.33. The van der Waals surface area contributed by atoms with E-state index in [-0.39, 0.29) is 33.9 Å². The topological polar surface area (TPSA) is 174 Å². The summed E-state index contributed by atoms with van der Waals surface area (Å²) in [5.41, 5.74) is -3.97. The zero-order valence-corrected chi connectivity index (χ0v) is 30.7. The minimum Gasteiger partial charge on any atom is -0.444 e. The summed E-state index contributed by atoms with van der Waals surface area (Å²) < 4.78 is 95.0. The first kappa shape index (κ1) is 37.5. The number of carbonyl (C=O) groups excluding carboxylic acids is 1. The molecule has 0 radical (unpaired) electrons. The number of halogens is 3. The highest BCUT2D eigenvalue weighted by Gasteiger charge is 2.40. The number of hydrogen-bond donors (Lipinski definition) is 1. The van der Waals surface area contributed by atoms with Gasteiger partial charge in [-0.25, -0.2) is 28.4 Å². The number of pyridine rings is 1. The van der Waals surface area contributed by atoms with Crippen LogP contribution in [-0.2, 0) is 36.4 Å². The molecule has 4 aromatic heterocycles. The number of alkyl halides is 2. The van der Waals surface area contributed by atoms with E-state index in [1.54, 1.807) is 6.92 Å². The van der Waals surface area contributed by atoms with E-state index >= 15 is 0 Å². The minimum absolute atomic E-state index is 0.0348. The summed E-state index contributed by atoms with van der Waals surface area (Å²) in [5.74, 6) is -2.30. The molecule has 1 N–H and O–H groups in total. The molecular formula is C35H34F3N5O9S2. The van der Waals surface area contributed by atoms with E-state index in [0.717, 1.165) is 53.0 Å². The Labute approximate surface area is 309 Å². The van der Waals surface area contributed by atoms with Crippen molar-refractivity contribution < 1.29 is 45.0 Å². The third kappa shape index (κ3) is 7.07. The minimum atomic E-state index is -4.55. The molecule has 2 aliphatic heterocycles. The van der Waals surface area contributed by atoms with Gasteiger partial charge in [0.15, 0.2) is 5.03 Å². The van der Waals surface area contributed by atoms with Gasteiger partial charge < -0.3 is 18.6 Å². The first-order valence-electron chi connectivity index (χ1n) is 16.9. The van der Waals surface area contributed by atoms with Gasteiger partial charge in [-0.15, -0.1) is 11.3 Å². The molecular weight excluding hydrogens is 756 g/mol. The molecule has 0 saturated carbocycles. The van der Waals surface area contributed by atoms with Crippen molar-refractivity contribution in [1.82, 2.24) is 23.8 Å². The number of aromatic nitrogens is 4. The van der Waals surface area contributed by atoms with Gasteiger partial charge in [-0.05, 0) is 82.3 Å². The van der Waals surface area contributed by atoms with Crippen molar-refractivity contribution in [3.8, 4) is 16.5 Å². The van der Waals surface area contributed by atoms with Crippen LogP contribution >= 0.6 is 11.3 Å². The van der Waals surface area contributed by atoms with Gasteiger partial charge in [-0.3, -0.25) is 14.2 Å². The second kappa shape index (κ2) is 14.4. The zero-order chi connectivity index (χ0) is 38.5. The van der Waals surface area contributed by atoms with Crippen LogP contribution in [0, 0.1) is 12.7 Å². The molecule has 1 amide bonds. The van der Waals surface area contributed by atoms with Crippen LogP contribution in [0.3, 0.4) is 0 Å². The number of rotatable bonds is 12. The molecule has 2 aliphatic rings. The Morgan fingerprint density at radius 1 is 1.11 bits per heavy atom. The summed E-state index contributed by atoms with van der Waals surface area (Å²) >= 11 is 0.971. The number of oxazole rings is 1. The van der Waals surface area contributed by atoms with Gasteiger partial charge >= 0.3 is 12.3 Å². The fourth-order valence-corrected chi connectivity index (χ4v) is 9.25. The van der Waals surface area contributed by atoms with Crippen molar-refractivity contribution in [2.45, 2.75) is 94.6 Å². The van der Waals surface area contributed by atoms with Crippen molar-refractivity contribution in [2.75, 3.05) is 0 Å². The Balaban J connectivity index is 1.41.